The van der Waals surface area contributed by atoms with Crippen molar-refractivity contribution >= 4 is 17.5 Å². The molecule has 7 nitrogen and oxygen atoms in total. The van der Waals surface area contributed by atoms with E-state index in [1.165, 1.54) is 5.69 Å². The van der Waals surface area contributed by atoms with Gasteiger partial charge >= 0.3 is 0 Å². The fourth-order valence-electron chi connectivity index (χ4n) is 3.41. The molecule has 0 aliphatic carbocycles. The number of anilines is 3. The van der Waals surface area contributed by atoms with Crippen LogP contribution in [-0.2, 0) is 0 Å². The van der Waals surface area contributed by atoms with Crippen LogP contribution in [-0.4, -0.2) is 61.6 Å². The van der Waals surface area contributed by atoms with Crippen LogP contribution < -0.4 is 19.4 Å². The molecule has 0 bridgehead atoms. The SMILES string of the molecule is CCCN(CCC)c1cnnc(N2CCN(c3ccc(OC)cc3)CC2)n1. The van der Waals surface area contributed by atoms with Crippen LogP contribution in [0.5, 0.6) is 5.75 Å². The average Bonchev–Trinajstić information content (AvgIpc) is 2.74. The third-order valence-electron chi connectivity index (χ3n) is 4.85. The highest BCUT2D eigenvalue weighted by Gasteiger charge is 2.20. The second-order valence-corrected chi connectivity index (χ2v) is 6.77. The number of ether oxygens (including phenoxy) is 1. The summed E-state index contributed by atoms with van der Waals surface area (Å²) in [5, 5.41) is 8.51. The molecule has 27 heavy (non-hydrogen) atoms. The Morgan fingerprint density at radius 1 is 0.963 bits per heavy atom. The first-order valence-electron chi connectivity index (χ1n) is 9.83. The van der Waals surface area contributed by atoms with Crippen LogP contribution in [0.2, 0.25) is 0 Å². The Hall–Kier alpha value is -2.57. The number of benzene rings is 1. The molecule has 0 saturated carbocycles. The van der Waals surface area contributed by atoms with Crippen LogP contribution in [0.15, 0.2) is 30.5 Å². The van der Waals surface area contributed by atoms with Crippen molar-refractivity contribution in [1.29, 1.82) is 0 Å². The van der Waals surface area contributed by atoms with Gasteiger partial charge in [0.15, 0.2) is 5.82 Å². The monoisotopic (exact) mass is 370 g/mol. The molecule has 3 rings (SSSR count). The quantitative estimate of drug-likeness (QED) is 0.708. The number of rotatable bonds is 8. The van der Waals surface area contributed by atoms with E-state index in [1.807, 2.05) is 12.1 Å². The minimum atomic E-state index is 0.735. The van der Waals surface area contributed by atoms with E-state index >= 15 is 0 Å². The predicted octanol–water partition coefficient (Wildman–Crippen LogP) is 2.83. The Balaban J connectivity index is 1.64. The number of methoxy groups -OCH3 is 1. The number of hydrogen-bond donors (Lipinski definition) is 0. The molecule has 1 saturated heterocycles. The van der Waals surface area contributed by atoms with E-state index in [-0.39, 0.29) is 0 Å². The molecule has 1 aromatic heterocycles. The molecule has 0 atom stereocenters. The van der Waals surface area contributed by atoms with Gasteiger partial charge in [0, 0.05) is 45.0 Å². The van der Waals surface area contributed by atoms with E-state index in [0.717, 1.165) is 69.6 Å². The predicted molar refractivity (Wildman–Crippen MR) is 110 cm³/mol. The Morgan fingerprint density at radius 3 is 2.19 bits per heavy atom. The highest BCUT2D eigenvalue weighted by molar-refractivity contribution is 5.51. The zero-order valence-corrected chi connectivity index (χ0v) is 16.6. The summed E-state index contributed by atoms with van der Waals surface area (Å²) < 4.78 is 5.24. The van der Waals surface area contributed by atoms with Crippen molar-refractivity contribution in [2.75, 3.05) is 61.1 Å². The van der Waals surface area contributed by atoms with Crippen molar-refractivity contribution in [1.82, 2.24) is 15.2 Å². The Labute approximate surface area is 162 Å². The second-order valence-electron chi connectivity index (χ2n) is 6.77. The van der Waals surface area contributed by atoms with Crippen molar-refractivity contribution in [3.63, 3.8) is 0 Å². The van der Waals surface area contributed by atoms with Crippen LogP contribution in [0.25, 0.3) is 0 Å². The number of piperazine rings is 1. The van der Waals surface area contributed by atoms with Crippen molar-refractivity contribution in [2.45, 2.75) is 26.7 Å². The van der Waals surface area contributed by atoms with Gasteiger partial charge in [0.25, 0.3) is 0 Å². The molecule has 2 aromatic rings. The van der Waals surface area contributed by atoms with Gasteiger partial charge in [-0.25, -0.2) is 0 Å². The summed E-state index contributed by atoms with van der Waals surface area (Å²) in [6, 6.07) is 8.24. The third-order valence-corrected chi connectivity index (χ3v) is 4.85. The fourth-order valence-corrected chi connectivity index (χ4v) is 3.41. The Morgan fingerprint density at radius 2 is 1.59 bits per heavy atom. The van der Waals surface area contributed by atoms with Crippen molar-refractivity contribution in [2.24, 2.45) is 0 Å². The molecule has 1 fully saturated rings. The summed E-state index contributed by atoms with van der Waals surface area (Å²) in [4.78, 5) is 11.7. The smallest absolute Gasteiger partial charge is 0.247 e. The van der Waals surface area contributed by atoms with E-state index in [0.29, 0.717) is 0 Å². The maximum Gasteiger partial charge on any atom is 0.247 e. The largest absolute Gasteiger partial charge is 0.497 e. The molecule has 0 unspecified atom stereocenters. The normalized spacial score (nSPS) is 14.3. The van der Waals surface area contributed by atoms with Gasteiger partial charge in [-0.15, -0.1) is 5.10 Å². The molecular weight excluding hydrogens is 340 g/mol. The van der Waals surface area contributed by atoms with Gasteiger partial charge in [0.05, 0.1) is 13.3 Å². The van der Waals surface area contributed by atoms with E-state index in [1.54, 1.807) is 13.3 Å². The minimum absolute atomic E-state index is 0.735. The van der Waals surface area contributed by atoms with Gasteiger partial charge in [0.1, 0.15) is 5.75 Å². The maximum atomic E-state index is 5.24. The van der Waals surface area contributed by atoms with Crippen LogP contribution in [0.1, 0.15) is 26.7 Å². The van der Waals surface area contributed by atoms with Gasteiger partial charge in [0.2, 0.25) is 5.95 Å². The van der Waals surface area contributed by atoms with E-state index in [4.69, 9.17) is 9.72 Å². The highest BCUT2D eigenvalue weighted by atomic mass is 16.5. The first kappa shape index (κ1) is 19.2. The molecule has 0 N–H and O–H groups in total. The van der Waals surface area contributed by atoms with E-state index in [2.05, 4.69) is 50.9 Å². The zero-order valence-electron chi connectivity index (χ0n) is 16.6. The van der Waals surface area contributed by atoms with Gasteiger partial charge in [-0.2, -0.15) is 10.1 Å². The summed E-state index contributed by atoms with van der Waals surface area (Å²) in [5.74, 6) is 2.55. The lowest BCUT2D eigenvalue weighted by Crippen LogP contribution is -2.47. The van der Waals surface area contributed by atoms with Crippen LogP contribution in [0, 0.1) is 0 Å². The summed E-state index contributed by atoms with van der Waals surface area (Å²) in [6.07, 6.45) is 3.97. The molecule has 1 aromatic carbocycles. The average molecular weight is 371 g/mol. The third kappa shape index (κ3) is 4.78. The summed E-state index contributed by atoms with van der Waals surface area (Å²) >= 11 is 0. The number of aromatic nitrogens is 3. The lowest BCUT2D eigenvalue weighted by Gasteiger charge is -2.36. The summed E-state index contributed by atoms with van der Waals surface area (Å²) in [5.41, 5.74) is 1.22. The molecular formula is C20H30N6O. The maximum absolute atomic E-state index is 5.24. The Kier molecular flexibility index (Phi) is 6.68. The van der Waals surface area contributed by atoms with Crippen LogP contribution >= 0.6 is 0 Å². The summed E-state index contributed by atoms with van der Waals surface area (Å²) in [7, 11) is 1.69. The van der Waals surface area contributed by atoms with Crippen molar-refractivity contribution in [3.05, 3.63) is 30.5 Å². The Bertz CT molecular complexity index is 694. The minimum Gasteiger partial charge on any atom is -0.497 e. The second kappa shape index (κ2) is 9.39. The molecule has 7 heteroatoms. The van der Waals surface area contributed by atoms with Gasteiger partial charge < -0.3 is 19.4 Å². The van der Waals surface area contributed by atoms with Gasteiger partial charge in [-0.1, -0.05) is 13.8 Å². The lowest BCUT2D eigenvalue weighted by molar-refractivity contribution is 0.415. The molecule has 0 spiro atoms. The molecule has 1 aliphatic heterocycles. The molecule has 146 valence electrons. The summed E-state index contributed by atoms with van der Waals surface area (Å²) in [6.45, 7) is 10.0. The van der Waals surface area contributed by atoms with Crippen LogP contribution in [0.3, 0.4) is 0 Å². The fraction of sp³-hybridized carbons (Fsp3) is 0.550. The first-order valence-corrected chi connectivity index (χ1v) is 9.83. The van der Waals surface area contributed by atoms with Crippen molar-refractivity contribution in [3.8, 4) is 5.75 Å². The van der Waals surface area contributed by atoms with Gasteiger partial charge in [-0.3, -0.25) is 0 Å². The van der Waals surface area contributed by atoms with Crippen molar-refractivity contribution < 1.29 is 4.74 Å². The lowest BCUT2D eigenvalue weighted by atomic mass is 10.2. The highest BCUT2D eigenvalue weighted by Crippen LogP contribution is 2.22. The molecule has 2 heterocycles. The van der Waals surface area contributed by atoms with E-state index in [9.17, 15) is 0 Å². The van der Waals surface area contributed by atoms with E-state index < -0.39 is 0 Å². The standard InChI is InChI=1S/C20H30N6O/c1-4-10-25(11-5-2)19-16-21-23-20(22-19)26-14-12-24(13-15-26)17-6-8-18(27-3)9-7-17/h6-9,16H,4-5,10-15H2,1-3H3. The first-order chi connectivity index (χ1) is 13.2. The van der Waals surface area contributed by atoms with Crippen LogP contribution in [0.4, 0.5) is 17.5 Å². The zero-order chi connectivity index (χ0) is 19.1. The molecule has 1 aliphatic rings. The number of nitrogens with zero attached hydrogens (tertiary/aromatic N) is 6. The van der Waals surface area contributed by atoms with Gasteiger partial charge in [-0.05, 0) is 37.1 Å². The molecule has 0 amide bonds. The molecule has 0 radical (unpaired) electrons. The topological polar surface area (TPSA) is 57.6 Å². The number of hydrogen-bond acceptors (Lipinski definition) is 7.